The second-order valence-electron chi connectivity index (χ2n) is 5.32. The molecule has 0 unspecified atom stereocenters. The molecule has 0 aliphatic carbocycles. The number of hydrogen-bond acceptors (Lipinski definition) is 7. The fraction of sp³-hybridized carbons (Fsp3) is 0. The topological polar surface area (TPSA) is 121 Å². The Hall–Kier alpha value is -4.20. The smallest absolute Gasteiger partial charge is 0.267 e. The van der Waals surface area contributed by atoms with Crippen LogP contribution in [0.5, 0.6) is 0 Å². The Bertz CT molecular complexity index is 1170. The minimum atomic E-state index is -0.684. The number of nitrogens with zero attached hydrogens (tertiary/aromatic N) is 5. The Morgan fingerprint density at radius 2 is 1.54 bits per heavy atom. The summed E-state index contributed by atoms with van der Waals surface area (Å²) in [5.41, 5.74) is 6.73. The van der Waals surface area contributed by atoms with Crippen LogP contribution in [-0.2, 0) is 0 Å². The van der Waals surface area contributed by atoms with Gasteiger partial charge in [0.25, 0.3) is 5.91 Å². The first kappa shape index (κ1) is 18.6. The Labute approximate surface area is 160 Å². The number of primary amides is 1. The van der Waals surface area contributed by atoms with Crippen LogP contribution >= 0.6 is 0 Å². The largest absolute Gasteiger partial charge is 0.463 e. The lowest BCUT2D eigenvalue weighted by atomic mass is 10.1. The number of carbonyl (C=O) groups excluding carboxylic acids is 1. The van der Waals surface area contributed by atoms with Gasteiger partial charge < -0.3 is 10.2 Å². The number of nitrogens with two attached hydrogens (primary N) is 1. The predicted octanol–water partition coefficient (Wildman–Crippen LogP) is 3.03. The zero-order valence-corrected chi connectivity index (χ0v) is 14.7. The molecule has 0 aliphatic rings. The fourth-order valence-electron chi connectivity index (χ4n) is 2.27. The van der Waals surface area contributed by atoms with Gasteiger partial charge in [0.05, 0.1) is 11.7 Å². The van der Waals surface area contributed by atoms with Gasteiger partial charge in [-0.05, 0) is 24.3 Å². The lowest BCUT2D eigenvalue weighted by molar-refractivity contribution is 0.0995. The van der Waals surface area contributed by atoms with Crippen LogP contribution in [0, 0.1) is 0 Å². The minimum Gasteiger partial charge on any atom is -0.463 e. The van der Waals surface area contributed by atoms with E-state index >= 15 is 0 Å². The van der Waals surface area contributed by atoms with E-state index in [0.717, 1.165) is 10.9 Å². The second-order valence-corrected chi connectivity index (χ2v) is 5.32. The molecular formula is C20H16N6O2. The first-order valence-electron chi connectivity index (χ1n) is 8.22. The van der Waals surface area contributed by atoms with Crippen LogP contribution in [-0.4, -0.2) is 30.8 Å². The van der Waals surface area contributed by atoms with Crippen molar-refractivity contribution < 1.29 is 9.21 Å². The maximum Gasteiger partial charge on any atom is 0.267 e. The molecule has 138 valence electrons. The van der Waals surface area contributed by atoms with Crippen molar-refractivity contribution in [2.45, 2.75) is 0 Å². The third-order valence-corrected chi connectivity index (χ3v) is 3.51. The van der Waals surface area contributed by atoms with E-state index < -0.39 is 5.91 Å². The van der Waals surface area contributed by atoms with Gasteiger partial charge in [0.2, 0.25) is 0 Å². The van der Waals surface area contributed by atoms with E-state index in [9.17, 15) is 4.79 Å². The second kappa shape index (κ2) is 9.48. The van der Waals surface area contributed by atoms with E-state index in [1.165, 1.54) is 55.7 Å². The minimum absolute atomic E-state index is 0.0377. The Kier molecular flexibility index (Phi) is 6.30. The first-order valence-corrected chi connectivity index (χ1v) is 8.22. The Morgan fingerprint density at radius 1 is 0.786 bits per heavy atom. The highest BCUT2D eigenvalue weighted by Gasteiger charge is 2.02. The Balaban J connectivity index is 2.38. The van der Waals surface area contributed by atoms with Crippen molar-refractivity contribution in [3.63, 3.8) is 0 Å². The monoisotopic (exact) mass is 372 g/mol. The van der Waals surface area contributed by atoms with Gasteiger partial charge in [-0.1, -0.05) is 6.07 Å². The number of rotatable bonds is 1. The third-order valence-electron chi connectivity index (χ3n) is 3.51. The summed E-state index contributed by atoms with van der Waals surface area (Å²) >= 11 is 0. The van der Waals surface area contributed by atoms with Gasteiger partial charge in [-0.25, -0.2) is 0 Å². The molecule has 3 rings (SSSR count). The highest BCUT2D eigenvalue weighted by Crippen LogP contribution is 2.21. The zero-order valence-electron chi connectivity index (χ0n) is 14.7. The molecule has 28 heavy (non-hydrogen) atoms. The number of pyridine rings is 1. The number of aromatic nitrogens is 5. The maximum atomic E-state index is 11.7. The van der Waals surface area contributed by atoms with Crippen molar-refractivity contribution in [3.05, 3.63) is 91.9 Å². The summed E-state index contributed by atoms with van der Waals surface area (Å²) in [4.78, 5) is 32.2. The molecule has 0 bridgehead atoms. The van der Waals surface area contributed by atoms with E-state index in [0.29, 0.717) is 11.0 Å². The van der Waals surface area contributed by atoms with Gasteiger partial charge in [0.1, 0.15) is 17.5 Å². The van der Waals surface area contributed by atoms with Gasteiger partial charge in [-0.3, -0.25) is 29.7 Å². The van der Waals surface area contributed by atoms with E-state index in [2.05, 4.69) is 24.9 Å². The molecule has 2 heterocycles. The van der Waals surface area contributed by atoms with Crippen molar-refractivity contribution in [2.75, 3.05) is 0 Å². The number of carbonyl (C=O) groups is 1. The van der Waals surface area contributed by atoms with Crippen molar-refractivity contribution in [2.24, 2.45) is 5.73 Å². The normalized spacial score (nSPS) is 9.71. The van der Waals surface area contributed by atoms with Crippen LogP contribution in [0.15, 0.2) is 90.6 Å². The predicted molar refractivity (Wildman–Crippen MR) is 104 cm³/mol. The molecular weight excluding hydrogens is 356 g/mol. The molecule has 0 aliphatic heterocycles. The molecule has 0 saturated heterocycles. The van der Waals surface area contributed by atoms with Gasteiger partial charge >= 0.3 is 0 Å². The lowest BCUT2D eigenvalue weighted by Gasteiger charge is -1.99. The molecule has 0 spiro atoms. The number of hydrogen-bond donors (Lipinski definition) is 1. The molecule has 1 aromatic carbocycles. The van der Waals surface area contributed by atoms with E-state index in [4.69, 9.17) is 10.2 Å². The molecule has 8 nitrogen and oxygen atoms in total. The molecule has 0 saturated carbocycles. The summed E-state index contributed by atoms with van der Waals surface area (Å²) < 4.78 is 5.68. The average molecular weight is 372 g/mol. The lowest BCUT2D eigenvalue weighted by Crippen LogP contribution is -2.11. The fourth-order valence-corrected chi connectivity index (χ4v) is 2.27. The molecule has 1 amide bonds. The van der Waals surface area contributed by atoms with Crippen molar-refractivity contribution in [1.82, 2.24) is 24.9 Å². The van der Waals surface area contributed by atoms with E-state index in [1.54, 1.807) is 12.3 Å². The van der Waals surface area contributed by atoms with Gasteiger partial charge in [0, 0.05) is 54.2 Å². The molecule has 0 fully saturated rings. The quantitative estimate of drug-likeness (QED) is 0.697. The van der Waals surface area contributed by atoms with Crippen LogP contribution in [0.3, 0.4) is 0 Å². The average Bonchev–Trinajstić information content (AvgIpc) is 2.71. The molecule has 0 radical (unpaired) electrons. The van der Waals surface area contributed by atoms with Crippen molar-refractivity contribution in [3.8, 4) is 0 Å². The van der Waals surface area contributed by atoms with Gasteiger partial charge in [0.15, 0.2) is 0 Å². The van der Waals surface area contributed by atoms with Gasteiger partial charge in [-0.2, -0.15) is 0 Å². The third kappa shape index (κ3) is 4.92. The van der Waals surface area contributed by atoms with Gasteiger partial charge in [-0.15, -0.1) is 0 Å². The first-order chi connectivity index (χ1) is 13.8. The maximum absolute atomic E-state index is 11.7. The molecule has 2 aromatic heterocycles. The summed E-state index contributed by atoms with van der Waals surface area (Å²) in [7, 11) is 0. The molecule has 2 N–H and O–H groups in total. The van der Waals surface area contributed by atoms with Crippen LogP contribution in [0.4, 0.5) is 0 Å². The number of benzene rings is 1. The highest BCUT2D eigenvalue weighted by atomic mass is 16.3. The SMILES string of the molecule is NC(=O)c1ccnccnccnccoc2ccc3ncccc3c2cn1. The van der Waals surface area contributed by atoms with Crippen molar-refractivity contribution in [1.29, 1.82) is 0 Å². The van der Waals surface area contributed by atoms with Crippen LogP contribution in [0.25, 0.3) is 21.9 Å². The zero-order chi connectivity index (χ0) is 19.6. The molecule has 3 aromatic rings. The number of fused-ring (bicyclic) bond motifs is 3. The molecule has 8 heteroatoms. The summed E-state index contributed by atoms with van der Waals surface area (Å²) in [5.74, 6) is -0.684. The van der Waals surface area contributed by atoms with Crippen LogP contribution < -0.4 is 5.73 Å². The Morgan fingerprint density at radius 3 is 2.32 bits per heavy atom. The number of amides is 1. The van der Waals surface area contributed by atoms with Crippen LogP contribution in [0.1, 0.15) is 10.5 Å². The summed E-state index contributed by atoms with van der Waals surface area (Å²) in [6.07, 6.45) is 13.4. The summed E-state index contributed by atoms with van der Waals surface area (Å²) in [6.45, 7) is 0. The highest BCUT2D eigenvalue weighted by molar-refractivity contribution is 6.03. The molecule has 0 atom stereocenters. The summed E-state index contributed by atoms with van der Waals surface area (Å²) in [5, 5.41) is 1.46. The van der Waals surface area contributed by atoms with Crippen LogP contribution in [0.2, 0.25) is 0 Å². The van der Waals surface area contributed by atoms with E-state index in [1.807, 2.05) is 18.2 Å². The van der Waals surface area contributed by atoms with Crippen molar-refractivity contribution >= 4 is 27.8 Å². The van der Waals surface area contributed by atoms with E-state index in [-0.39, 0.29) is 5.69 Å². The standard InChI is InChI=1S/C20H16N6O2/c21-20(27)18-5-7-22-8-9-23-10-11-24-12-13-28-19-4-3-17-15(2-1-6-25-17)16(19)14-26-18/h1-14H,(H2,21,27). The summed E-state index contributed by atoms with van der Waals surface area (Å²) in [6, 6.07) is 8.70.